The normalized spacial score (nSPS) is 43.9. The van der Waals surface area contributed by atoms with Crippen molar-refractivity contribution in [2.75, 3.05) is 19.8 Å². The Kier molecular flexibility index (Phi) is 8.32. The van der Waals surface area contributed by atoms with Crippen molar-refractivity contribution in [3.8, 4) is 0 Å². The second-order valence-corrected chi connectivity index (χ2v) is 7.28. The first-order chi connectivity index (χ1) is 13.6. The lowest BCUT2D eigenvalue weighted by Gasteiger charge is -2.44. The van der Waals surface area contributed by atoms with Gasteiger partial charge in [-0.2, -0.15) is 0 Å². The average molecular weight is 426 g/mol. The zero-order chi connectivity index (χ0) is 21.9. The van der Waals surface area contributed by atoms with E-state index >= 15 is 0 Å². The van der Waals surface area contributed by atoms with Crippen LogP contribution in [0.4, 0.5) is 0 Å². The molecule has 2 heterocycles. The van der Waals surface area contributed by atoms with Gasteiger partial charge in [-0.1, -0.05) is 13.8 Å². The Labute approximate surface area is 167 Å². The van der Waals surface area contributed by atoms with E-state index in [9.17, 15) is 40.5 Å². The van der Waals surface area contributed by atoms with E-state index in [2.05, 4.69) is 0 Å². The minimum atomic E-state index is -2.27. The molecule has 1 unspecified atom stereocenters. The van der Waals surface area contributed by atoms with E-state index in [1.54, 1.807) is 13.8 Å². The molecule has 2 saturated heterocycles. The molecule has 2 fully saturated rings. The van der Waals surface area contributed by atoms with Crippen LogP contribution in [0.2, 0.25) is 0 Å². The topological polar surface area (TPSA) is 196 Å². The number of hydrogen-bond donors (Lipinski definition) is 7. The fraction of sp³-hybridized carbons (Fsp3) is 0.941. The van der Waals surface area contributed by atoms with Gasteiger partial charge in [-0.05, 0) is 6.42 Å². The summed E-state index contributed by atoms with van der Waals surface area (Å²) in [6.07, 6.45) is -12.2. The van der Waals surface area contributed by atoms with Crippen LogP contribution < -0.4 is 0 Å². The van der Waals surface area contributed by atoms with Crippen LogP contribution >= 0.6 is 0 Å². The van der Waals surface area contributed by atoms with Gasteiger partial charge in [0.05, 0.1) is 19.1 Å². The molecule has 0 aromatic carbocycles. The first-order valence-corrected chi connectivity index (χ1v) is 9.42. The van der Waals surface area contributed by atoms with Crippen LogP contribution in [-0.2, 0) is 23.7 Å². The summed E-state index contributed by atoms with van der Waals surface area (Å²) in [5, 5.41) is 69.3. The highest BCUT2D eigenvalue weighted by molar-refractivity contribution is 5.72. The maximum Gasteiger partial charge on any atom is 0.309 e. The maximum atomic E-state index is 12.0. The Morgan fingerprint density at radius 2 is 1.66 bits per heavy atom. The van der Waals surface area contributed by atoms with Crippen LogP contribution in [-0.4, -0.2) is 116 Å². The quantitative estimate of drug-likeness (QED) is 0.187. The lowest BCUT2D eigenvalue weighted by atomic mass is 9.98. The number of aliphatic hydroxyl groups is 7. The van der Waals surface area contributed by atoms with Gasteiger partial charge in [0.15, 0.2) is 12.4 Å². The van der Waals surface area contributed by atoms with Gasteiger partial charge in [-0.15, -0.1) is 0 Å². The predicted octanol–water partition coefficient (Wildman–Crippen LogP) is -3.80. The first kappa shape index (κ1) is 24.3. The summed E-state index contributed by atoms with van der Waals surface area (Å²) in [6, 6.07) is 0. The monoisotopic (exact) mass is 426 g/mol. The van der Waals surface area contributed by atoms with Crippen LogP contribution in [0.1, 0.15) is 20.3 Å². The number of rotatable bonds is 8. The van der Waals surface area contributed by atoms with E-state index in [1.807, 2.05) is 0 Å². The molecule has 29 heavy (non-hydrogen) atoms. The molecular formula is C17H30O12. The number of carbonyl (C=O) groups excluding carboxylic acids is 1. The van der Waals surface area contributed by atoms with Gasteiger partial charge >= 0.3 is 5.97 Å². The van der Waals surface area contributed by atoms with E-state index in [4.69, 9.17) is 18.9 Å². The van der Waals surface area contributed by atoms with Gasteiger partial charge in [0.2, 0.25) is 5.79 Å². The molecule has 0 saturated carbocycles. The van der Waals surface area contributed by atoms with Gasteiger partial charge in [0, 0.05) is 0 Å². The highest BCUT2D eigenvalue weighted by atomic mass is 16.8. The van der Waals surface area contributed by atoms with Crippen molar-refractivity contribution in [1.29, 1.82) is 0 Å². The Morgan fingerprint density at radius 1 is 1.03 bits per heavy atom. The highest BCUT2D eigenvalue weighted by Crippen LogP contribution is 2.36. The van der Waals surface area contributed by atoms with Crippen molar-refractivity contribution in [2.45, 2.75) is 75.1 Å². The number of ether oxygens (including phenoxy) is 4. The molecule has 2 aliphatic heterocycles. The van der Waals surface area contributed by atoms with E-state index in [-0.39, 0.29) is 0 Å². The summed E-state index contributed by atoms with van der Waals surface area (Å²) in [4.78, 5) is 12.0. The molecule has 0 radical (unpaired) electrons. The molecule has 10 atom stereocenters. The van der Waals surface area contributed by atoms with Gasteiger partial charge < -0.3 is 54.7 Å². The van der Waals surface area contributed by atoms with Crippen LogP contribution in [0.15, 0.2) is 0 Å². The molecular weight excluding hydrogens is 396 g/mol. The number of hydrogen-bond acceptors (Lipinski definition) is 12. The van der Waals surface area contributed by atoms with Crippen molar-refractivity contribution in [3.63, 3.8) is 0 Å². The van der Waals surface area contributed by atoms with Gasteiger partial charge in [-0.25, -0.2) is 0 Å². The van der Waals surface area contributed by atoms with Gasteiger partial charge in [0.25, 0.3) is 0 Å². The molecule has 0 spiro atoms. The fourth-order valence-electron chi connectivity index (χ4n) is 3.18. The summed E-state index contributed by atoms with van der Waals surface area (Å²) in [5.41, 5.74) is 0. The van der Waals surface area contributed by atoms with Crippen LogP contribution in [0.3, 0.4) is 0 Å². The summed E-state index contributed by atoms with van der Waals surface area (Å²) < 4.78 is 21.1. The van der Waals surface area contributed by atoms with Crippen LogP contribution in [0.5, 0.6) is 0 Å². The predicted molar refractivity (Wildman–Crippen MR) is 92.0 cm³/mol. The molecule has 0 bridgehead atoms. The summed E-state index contributed by atoms with van der Waals surface area (Å²) in [6.45, 7) is 0.992. The third-order valence-electron chi connectivity index (χ3n) is 5.31. The molecule has 0 aliphatic carbocycles. The average Bonchev–Trinajstić information content (AvgIpc) is 2.97. The molecule has 0 aromatic heterocycles. The van der Waals surface area contributed by atoms with Gasteiger partial charge in [0.1, 0.15) is 43.2 Å². The number of aliphatic hydroxyl groups excluding tert-OH is 7. The van der Waals surface area contributed by atoms with Crippen molar-refractivity contribution in [2.24, 2.45) is 5.92 Å². The number of carbonyl (C=O) groups is 1. The Hall–Kier alpha value is -0.930. The number of esters is 1. The third kappa shape index (κ3) is 4.71. The van der Waals surface area contributed by atoms with Crippen LogP contribution in [0, 0.1) is 5.92 Å². The molecule has 2 aliphatic rings. The lowest BCUT2D eigenvalue weighted by Crippen LogP contribution is -2.63. The van der Waals surface area contributed by atoms with E-state index < -0.39 is 86.5 Å². The maximum absolute atomic E-state index is 12.0. The molecule has 12 nitrogen and oxygen atoms in total. The lowest BCUT2D eigenvalue weighted by molar-refractivity contribution is -0.383. The fourth-order valence-corrected chi connectivity index (χ4v) is 3.18. The summed E-state index contributed by atoms with van der Waals surface area (Å²) in [7, 11) is 0. The van der Waals surface area contributed by atoms with E-state index in [1.165, 1.54) is 0 Å². The zero-order valence-electron chi connectivity index (χ0n) is 16.2. The highest BCUT2D eigenvalue weighted by Gasteiger charge is 2.58. The Morgan fingerprint density at radius 3 is 2.14 bits per heavy atom. The second kappa shape index (κ2) is 9.92. The van der Waals surface area contributed by atoms with E-state index in [0.717, 1.165) is 0 Å². The summed E-state index contributed by atoms with van der Waals surface area (Å²) in [5.74, 6) is -3.40. The Balaban J connectivity index is 2.17. The third-order valence-corrected chi connectivity index (χ3v) is 5.31. The Bertz CT molecular complexity index is 545. The molecule has 0 amide bonds. The van der Waals surface area contributed by atoms with Crippen molar-refractivity contribution in [3.05, 3.63) is 0 Å². The van der Waals surface area contributed by atoms with Crippen molar-refractivity contribution < 1.29 is 59.5 Å². The molecule has 0 aromatic rings. The van der Waals surface area contributed by atoms with Crippen molar-refractivity contribution in [1.82, 2.24) is 0 Å². The second-order valence-electron chi connectivity index (χ2n) is 7.28. The van der Waals surface area contributed by atoms with Crippen molar-refractivity contribution >= 4 is 5.97 Å². The molecule has 170 valence electrons. The molecule has 12 heteroatoms. The molecule has 2 rings (SSSR count). The SMILES string of the molecule is CCC(C)C(=O)O[C@H]1[C@H](O)[C@@H](O)[C@@H](O[C@]2(CO)O[C@H](CO)[C@@H](O)[C@@H]2O)O[C@@H]1CO. The first-order valence-electron chi connectivity index (χ1n) is 9.42. The largest absolute Gasteiger partial charge is 0.456 e. The smallest absolute Gasteiger partial charge is 0.309 e. The molecule has 7 N–H and O–H groups in total. The summed E-state index contributed by atoms with van der Waals surface area (Å²) >= 11 is 0. The van der Waals surface area contributed by atoms with Crippen LogP contribution in [0.25, 0.3) is 0 Å². The minimum absolute atomic E-state index is 0.475. The minimum Gasteiger partial charge on any atom is -0.456 e. The van der Waals surface area contributed by atoms with E-state index in [0.29, 0.717) is 6.42 Å². The zero-order valence-corrected chi connectivity index (χ0v) is 16.2. The standard InChI is InChI=1S/C17H30O12/c1-3-7(2)15(25)27-13-9(5-19)26-16(12(23)11(13)22)29-17(6-20)14(24)10(21)8(4-18)28-17/h7-14,16,18-24H,3-6H2,1-2H3/t7?,8-,9-,10-,11-,12-,13-,14+,16-,17+/m1/s1. The van der Waals surface area contributed by atoms with Gasteiger partial charge in [-0.3, -0.25) is 4.79 Å².